The number of amides is 1. The molecule has 0 aliphatic carbocycles. The summed E-state index contributed by atoms with van der Waals surface area (Å²) in [5.74, 6) is 0.457. The summed E-state index contributed by atoms with van der Waals surface area (Å²) in [5.41, 5.74) is -0.0244. The van der Waals surface area contributed by atoms with E-state index in [-0.39, 0.29) is 11.9 Å². The summed E-state index contributed by atoms with van der Waals surface area (Å²) in [5, 5.41) is 38.3. The monoisotopic (exact) mass is 486 g/mol. The number of carbonyl (C=O) groups excluding carboxylic acids is 1. The highest BCUT2D eigenvalue weighted by atomic mass is 35.5. The molecular formula is C23H35ClN2O5S. The van der Waals surface area contributed by atoms with Crippen molar-refractivity contribution < 1.29 is 24.9 Å². The van der Waals surface area contributed by atoms with Crippen molar-refractivity contribution in [3.05, 3.63) is 34.9 Å². The van der Waals surface area contributed by atoms with Crippen molar-refractivity contribution >= 4 is 29.3 Å². The van der Waals surface area contributed by atoms with Gasteiger partial charge < -0.3 is 30.7 Å². The molecule has 2 heterocycles. The molecule has 7 nitrogen and oxygen atoms in total. The van der Waals surface area contributed by atoms with Gasteiger partial charge >= 0.3 is 0 Å². The third kappa shape index (κ3) is 6.17. The number of halogens is 1. The lowest BCUT2D eigenvalue weighted by atomic mass is 9.90. The summed E-state index contributed by atoms with van der Waals surface area (Å²) in [7, 11) is 0. The summed E-state index contributed by atoms with van der Waals surface area (Å²) < 4.78 is 5.97. The molecule has 0 spiro atoms. The van der Waals surface area contributed by atoms with E-state index in [4.69, 9.17) is 16.3 Å². The minimum absolute atomic E-state index is 0.167. The SMILES string of the molecule is CCCC1CCN[C@H](C(=O)N[C@H](c2ccc(Cl)cc2)[C@H]2O[C@H](SC)[C@H](O)[C@@H](O)[C@H]2O)CC1. The maximum absolute atomic E-state index is 13.3. The second-order valence-electron chi connectivity index (χ2n) is 8.74. The van der Waals surface area contributed by atoms with Crippen molar-refractivity contribution in [2.24, 2.45) is 5.92 Å². The zero-order valence-corrected chi connectivity index (χ0v) is 20.2. The van der Waals surface area contributed by atoms with E-state index < -0.39 is 35.9 Å². The Labute approximate surface area is 199 Å². The van der Waals surface area contributed by atoms with Gasteiger partial charge in [0.25, 0.3) is 0 Å². The van der Waals surface area contributed by atoms with E-state index in [9.17, 15) is 20.1 Å². The summed E-state index contributed by atoms with van der Waals surface area (Å²) in [6.07, 6.45) is 1.94. The predicted molar refractivity (Wildman–Crippen MR) is 127 cm³/mol. The lowest BCUT2D eigenvalue weighted by Crippen LogP contribution is -2.60. The molecule has 1 aromatic carbocycles. The molecule has 2 aliphatic rings. The van der Waals surface area contributed by atoms with Gasteiger partial charge in [0.05, 0.1) is 12.1 Å². The van der Waals surface area contributed by atoms with Crippen LogP contribution in [0.1, 0.15) is 50.6 Å². The molecular weight excluding hydrogens is 452 g/mol. The fourth-order valence-corrected chi connectivity index (χ4v) is 5.46. The largest absolute Gasteiger partial charge is 0.387 e. The molecule has 2 saturated heterocycles. The van der Waals surface area contributed by atoms with Crippen LogP contribution in [-0.2, 0) is 9.53 Å². The van der Waals surface area contributed by atoms with Crippen LogP contribution in [0.25, 0.3) is 0 Å². The van der Waals surface area contributed by atoms with Gasteiger partial charge in [0, 0.05) is 5.02 Å². The van der Waals surface area contributed by atoms with Gasteiger partial charge in [-0.15, -0.1) is 11.8 Å². The molecule has 2 aliphatic heterocycles. The second kappa shape index (κ2) is 12.0. The highest BCUT2D eigenvalue weighted by Crippen LogP contribution is 2.34. The van der Waals surface area contributed by atoms with E-state index in [1.807, 2.05) is 0 Å². The normalized spacial score (nSPS) is 34.5. The number of nitrogens with one attached hydrogen (secondary N) is 2. The summed E-state index contributed by atoms with van der Waals surface area (Å²) in [4.78, 5) is 13.3. The van der Waals surface area contributed by atoms with Gasteiger partial charge in [-0.05, 0) is 55.7 Å². The minimum Gasteiger partial charge on any atom is -0.387 e. The number of aliphatic hydroxyl groups excluding tert-OH is 3. The van der Waals surface area contributed by atoms with Crippen LogP contribution < -0.4 is 10.6 Å². The van der Waals surface area contributed by atoms with Crippen LogP contribution >= 0.6 is 23.4 Å². The smallest absolute Gasteiger partial charge is 0.237 e. The maximum Gasteiger partial charge on any atom is 0.237 e. The first-order valence-corrected chi connectivity index (χ1v) is 13.0. The highest BCUT2D eigenvalue weighted by Gasteiger charge is 2.47. The fraction of sp³-hybridized carbons (Fsp3) is 0.696. The van der Waals surface area contributed by atoms with Gasteiger partial charge in [0.1, 0.15) is 29.9 Å². The van der Waals surface area contributed by atoms with E-state index in [2.05, 4.69) is 17.6 Å². The predicted octanol–water partition coefficient (Wildman–Crippen LogP) is 2.23. The van der Waals surface area contributed by atoms with Gasteiger partial charge in [-0.25, -0.2) is 0 Å². The average Bonchev–Trinajstić information content (AvgIpc) is 3.03. The standard InChI is InChI=1S/C23H35ClN2O5S/c1-3-4-13-5-10-16(25-12-11-13)22(30)26-17(14-6-8-15(24)9-7-14)21-19(28)18(27)20(29)23(31-21)32-2/h6-9,13,16-21,23,25,27-29H,3-5,10-12H2,1-2H3,(H,26,30)/t13?,16-,17+,18-,19+,20+,21+,23+/m0/s1. The van der Waals surface area contributed by atoms with E-state index in [1.165, 1.54) is 18.2 Å². The Balaban J connectivity index is 1.80. The Hall–Kier alpha value is -0.870. The van der Waals surface area contributed by atoms with Crippen molar-refractivity contribution in [1.82, 2.24) is 10.6 Å². The van der Waals surface area contributed by atoms with E-state index in [0.29, 0.717) is 16.5 Å². The summed E-state index contributed by atoms with van der Waals surface area (Å²) in [6, 6.07) is 5.91. The minimum atomic E-state index is -1.39. The van der Waals surface area contributed by atoms with Crippen LogP contribution in [0.3, 0.4) is 0 Å². The molecule has 0 saturated carbocycles. The van der Waals surface area contributed by atoms with Crippen molar-refractivity contribution in [1.29, 1.82) is 0 Å². The van der Waals surface area contributed by atoms with Crippen LogP contribution in [0.4, 0.5) is 0 Å². The molecule has 2 fully saturated rings. The van der Waals surface area contributed by atoms with E-state index in [1.54, 1.807) is 30.5 Å². The van der Waals surface area contributed by atoms with E-state index in [0.717, 1.165) is 32.2 Å². The van der Waals surface area contributed by atoms with Crippen LogP contribution in [0.2, 0.25) is 5.02 Å². The third-order valence-electron chi connectivity index (χ3n) is 6.51. The number of rotatable bonds is 7. The van der Waals surface area contributed by atoms with Gasteiger partial charge in [-0.1, -0.05) is 43.5 Å². The van der Waals surface area contributed by atoms with Crippen molar-refractivity contribution in [2.75, 3.05) is 12.8 Å². The quantitative estimate of drug-likeness (QED) is 0.402. The third-order valence-corrected chi connectivity index (χ3v) is 7.62. The van der Waals surface area contributed by atoms with Gasteiger partial charge in [-0.3, -0.25) is 4.79 Å². The van der Waals surface area contributed by atoms with Crippen molar-refractivity contribution in [3.63, 3.8) is 0 Å². The average molecular weight is 487 g/mol. The first kappa shape index (κ1) is 25.7. The van der Waals surface area contributed by atoms with Gasteiger partial charge in [0.15, 0.2) is 0 Å². The molecule has 0 aromatic heterocycles. The van der Waals surface area contributed by atoms with Gasteiger partial charge in [-0.2, -0.15) is 0 Å². The molecule has 8 atom stereocenters. The van der Waals surface area contributed by atoms with Crippen LogP contribution in [0, 0.1) is 5.92 Å². The number of hydrogen-bond acceptors (Lipinski definition) is 7. The first-order valence-electron chi connectivity index (χ1n) is 11.4. The molecule has 5 N–H and O–H groups in total. The molecule has 0 radical (unpaired) electrons. The van der Waals surface area contributed by atoms with Crippen molar-refractivity contribution in [2.45, 2.75) is 81.0 Å². The zero-order chi connectivity index (χ0) is 23.3. The lowest BCUT2D eigenvalue weighted by Gasteiger charge is -2.43. The number of hydrogen-bond donors (Lipinski definition) is 5. The topological polar surface area (TPSA) is 111 Å². The number of carbonyl (C=O) groups is 1. The van der Waals surface area contributed by atoms with Crippen LogP contribution in [0.15, 0.2) is 24.3 Å². The molecule has 1 amide bonds. The fourth-order valence-electron chi connectivity index (χ4n) is 4.65. The Morgan fingerprint density at radius 2 is 1.91 bits per heavy atom. The number of ether oxygens (including phenoxy) is 1. The maximum atomic E-state index is 13.3. The Morgan fingerprint density at radius 3 is 2.56 bits per heavy atom. The number of benzene rings is 1. The Morgan fingerprint density at radius 1 is 1.19 bits per heavy atom. The number of thioether (sulfide) groups is 1. The molecule has 180 valence electrons. The molecule has 9 heteroatoms. The lowest BCUT2D eigenvalue weighted by molar-refractivity contribution is -0.206. The Bertz CT molecular complexity index is 738. The Kier molecular flexibility index (Phi) is 9.67. The molecule has 1 unspecified atom stereocenters. The zero-order valence-electron chi connectivity index (χ0n) is 18.6. The number of aliphatic hydroxyl groups is 3. The van der Waals surface area contributed by atoms with Crippen LogP contribution in [-0.4, -0.2) is 69.9 Å². The van der Waals surface area contributed by atoms with Crippen molar-refractivity contribution in [3.8, 4) is 0 Å². The summed E-state index contributed by atoms with van der Waals surface area (Å²) in [6.45, 7) is 2.97. The second-order valence-corrected chi connectivity index (χ2v) is 10.1. The van der Waals surface area contributed by atoms with E-state index >= 15 is 0 Å². The van der Waals surface area contributed by atoms with Crippen LogP contribution in [0.5, 0.6) is 0 Å². The van der Waals surface area contributed by atoms with Gasteiger partial charge in [0.2, 0.25) is 5.91 Å². The first-order chi connectivity index (χ1) is 15.3. The molecule has 0 bridgehead atoms. The molecule has 1 aromatic rings. The summed E-state index contributed by atoms with van der Waals surface area (Å²) >= 11 is 7.29. The molecule has 3 rings (SSSR count). The highest BCUT2D eigenvalue weighted by molar-refractivity contribution is 7.99. The molecule has 32 heavy (non-hydrogen) atoms.